The van der Waals surface area contributed by atoms with Crippen molar-refractivity contribution in [2.75, 3.05) is 72.4 Å². The smallest absolute Gasteiger partial charge is 0.407 e. The fraction of sp³-hybridized carbons (Fsp3) is 0.889. The van der Waals surface area contributed by atoms with E-state index in [0.717, 1.165) is 103 Å². The van der Waals surface area contributed by atoms with Gasteiger partial charge in [0.25, 0.3) is 0 Å². The van der Waals surface area contributed by atoms with Gasteiger partial charge in [-0.1, -0.05) is 175 Å². The van der Waals surface area contributed by atoms with Crippen molar-refractivity contribution in [3.63, 3.8) is 0 Å². The van der Waals surface area contributed by atoms with Gasteiger partial charge in [0, 0.05) is 51.6 Å². The summed E-state index contributed by atoms with van der Waals surface area (Å²) in [5.41, 5.74) is -1.41. The number of hydrogen-bond acceptors (Lipinski definition) is 15. The van der Waals surface area contributed by atoms with Crippen molar-refractivity contribution >= 4 is 41.9 Å². The van der Waals surface area contributed by atoms with Crippen LogP contribution in [0.3, 0.4) is 0 Å². The van der Waals surface area contributed by atoms with Crippen LogP contribution in [0.15, 0.2) is 0 Å². The molecule has 1 aliphatic rings. The molecule has 1 rings (SSSR count). The van der Waals surface area contributed by atoms with Crippen molar-refractivity contribution < 1.29 is 66.7 Å². The Bertz CT molecular complexity index is 1390. The quantitative estimate of drug-likeness (QED) is 0.0342. The first-order chi connectivity index (χ1) is 38.5. The lowest BCUT2D eigenvalue weighted by Gasteiger charge is -2.31. The molecular weight excluding hydrogens is 1010 g/mol. The van der Waals surface area contributed by atoms with Crippen molar-refractivity contribution in [1.29, 1.82) is 0 Å². The van der Waals surface area contributed by atoms with Gasteiger partial charge in [-0.2, -0.15) is 0 Å². The fourth-order valence-electron chi connectivity index (χ4n) is 9.39. The van der Waals surface area contributed by atoms with Gasteiger partial charge >= 0.3 is 41.9 Å². The number of unbranched alkanes of at least 4 members (excludes halogenated alkanes) is 27. The minimum atomic E-state index is -1.41. The number of carbonyl (C=O) groups excluding carboxylic acids is 7. The number of nitrogens with one attached hydrogen (secondary N) is 1. The molecule has 0 aromatic heterocycles. The van der Waals surface area contributed by atoms with Crippen molar-refractivity contribution in [1.82, 2.24) is 10.2 Å². The van der Waals surface area contributed by atoms with Crippen LogP contribution in [-0.2, 0) is 61.9 Å². The zero-order chi connectivity index (χ0) is 57.5. The van der Waals surface area contributed by atoms with E-state index in [4.69, 9.17) is 33.2 Å². The first kappa shape index (κ1) is 73.1. The molecular formula is C63H114N2O14. The Hall–Kier alpha value is -3.95. The molecule has 1 heterocycles. The first-order valence-corrected chi connectivity index (χ1v) is 32.1. The van der Waals surface area contributed by atoms with Gasteiger partial charge in [-0.15, -0.1) is 0 Å². The topological polar surface area (TPSA) is 199 Å². The summed E-state index contributed by atoms with van der Waals surface area (Å²) in [4.78, 5) is 91.8. The van der Waals surface area contributed by atoms with E-state index in [0.29, 0.717) is 110 Å². The zero-order valence-corrected chi connectivity index (χ0v) is 50.4. The highest BCUT2D eigenvalue weighted by atomic mass is 16.6. The third-order valence-electron chi connectivity index (χ3n) is 14.6. The van der Waals surface area contributed by atoms with Crippen molar-refractivity contribution in [2.45, 2.75) is 284 Å². The monoisotopic (exact) mass is 1120 g/mol. The molecule has 79 heavy (non-hydrogen) atoms. The summed E-state index contributed by atoms with van der Waals surface area (Å²) in [6.07, 6.45) is 34.9. The number of esters is 6. The van der Waals surface area contributed by atoms with Crippen LogP contribution in [0.2, 0.25) is 0 Å². The fourth-order valence-corrected chi connectivity index (χ4v) is 9.39. The second kappa shape index (κ2) is 53.4. The Morgan fingerprint density at radius 3 is 0.886 bits per heavy atom. The maximum Gasteiger partial charge on any atom is 0.407 e. The molecule has 0 radical (unpaired) electrons. The lowest BCUT2D eigenvalue weighted by Crippen LogP contribution is -2.45. The molecule has 0 aliphatic carbocycles. The molecule has 1 N–H and O–H groups in total. The van der Waals surface area contributed by atoms with E-state index in [1.807, 2.05) is 0 Å². The van der Waals surface area contributed by atoms with Crippen molar-refractivity contribution in [3.05, 3.63) is 0 Å². The molecule has 0 atom stereocenters. The van der Waals surface area contributed by atoms with Gasteiger partial charge in [-0.05, 0) is 83.7 Å². The minimum Gasteiger partial charge on any atom is -0.466 e. The Morgan fingerprint density at radius 2 is 0.582 bits per heavy atom. The third kappa shape index (κ3) is 47.4. The van der Waals surface area contributed by atoms with Gasteiger partial charge in [0.2, 0.25) is 0 Å². The lowest BCUT2D eigenvalue weighted by molar-refractivity contribution is -0.165. The highest BCUT2D eigenvalue weighted by molar-refractivity contribution is 5.71. The highest BCUT2D eigenvalue weighted by Crippen LogP contribution is 2.24. The van der Waals surface area contributed by atoms with Crippen molar-refractivity contribution in [2.24, 2.45) is 5.41 Å². The third-order valence-corrected chi connectivity index (χ3v) is 14.6. The standard InChI is InChI=1S/C63H114N2O14/c1-4-7-10-13-16-25-36-49-73-56(66)39-28-19-22-31-42-59(69)76-52-63(55-79-62(72)64-45-48-65-46-34-35-47-65,53-77-60(70)43-32-23-20-29-40-57(67)74-50-37-26-17-14-11-8-5-2)54-78-61(71)44-33-24-21-30-41-58(68)75-51-38-27-18-15-12-9-6-3/h4-55H2,1-3H3,(H,64,72). The van der Waals surface area contributed by atoms with Crippen LogP contribution in [0, 0.1) is 5.41 Å². The lowest BCUT2D eigenvalue weighted by atomic mass is 9.92. The second-order valence-corrected chi connectivity index (χ2v) is 22.3. The summed E-state index contributed by atoms with van der Waals surface area (Å²) in [5.74, 6) is -2.11. The van der Waals surface area contributed by atoms with E-state index in [2.05, 4.69) is 31.0 Å². The Labute approximate surface area is 479 Å². The average molecular weight is 1120 g/mol. The second-order valence-electron chi connectivity index (χ2n) is 22.3. The van der Waals surface area contributed by atoms with Gasteiger partial charge in [0.05, 0.1) is 19.8 Å². The maximum atomic E-state index is 13.2. The molecule has 1 saturated heterocycles. The molecule has 460 valence electrons. The number of alkyl carbamates (subject to hydrolysis) is 1. The number of hydrogen-bond donors (Lipinski definition) is 1. The van der Waals surface area contributed by atoms with Crippen LogP contribution in [0.4, 0.5) is 4.79 Å². The summed E-state index contributed by atoms with van der Waals surface area (Å²) in [6, 6.07) is 0. The Balaban J connectivity index is 2.80. The van der Waals surface area contributed by atoms with Gasteiger partial charge in [-0.25, -0.2) is 4.79 Å². The molecule has 0 aromatic rings. The van der Waals surface area contributed by atoms with Gasteiger partial charge < -0.3 is 43.4 Å². The number of ether oxygens (including phenoxy) is 7. The normalized spacial score (nSPS) is 12.5. The maximum absolute atomic E-state index is 13.2. The summed E-state index contributed by atoms with van der Waals surface area (Å²) >= 11 is 0. The van der Waals surface area contributed by atoms with Gasteiger partial charge in [-0.3, -0.25) is 28.8 Å². The summed E-state index contributed by atoms with van der Waals surface area (Å²) < 4.78 is 39.3. The summed E-state index contributed by atoms with van der Waals surface area (Å²) in [7, 11) is 0. The zero-order valence-electron chi connectivity index (χ0n) is 50.4. The molecule has 1 fully saturated rings. The molecule has 1 aliphatic heterocycles. The molecule has 1 amide bonds. The Kier molecular flexibility index (Phi) is 49.4. The molecule has 0 bridgehead atoms. The van der Waals surface area contributed by atoms with E-state index in [-0.39, 0.29) is 63.6 Å². The highest BCUT2D eigenvalue weighted by Gasteiger charge is 2.38. The number of rotatable bonds is 56. The van der Waals surface area contributed by atoms with Crippen molar-refractivity contribution in [3.8, 4) is 0 Å². The Morgan fingerprint density at radius 1 is 0.329 bits per heavy atom. The van der Waals surface area contributed by atoms with E-state index in [9.17, 15) is 33.6 Å². The molecule has 16 nitrogen and oxygen atoms in total. The molecule has 0 spiro atoms. The van der Waals surface area contributed by atoms with E-state index >= 15 is 0 Å². The molecule has 16 heteroatoms. The predicted molar refractivity (Wildman–Crippen MR) is 310 cm³/mol. The van der Waals surface area contributed by atoms with Crippen LogP contribution in [-0.4, -0.2) is 119 Å². The van der Waals surface area contributed by atoms with E-state index in [1.165, 1.54) is 77.0 Å². The van der Waals surface area contributed by atoms with Crippen LogP contribution in [0.1, 0.15) is 284 Å². The molecule has 0 aromatic carbocycles. The average Bonchev–Trinajstić information content (AvgIpc) is 3.97. The predicted octanol–water partition coefficient (Wildman–Crippen LogP) is 14.3. The van der Waals surface area contributed by atoms with Crippen LogP contribution < -0.4 is 5.32 Å². The van der Waals surface area contributed by atoms with Gasteiger partial charge in [0.15, 0.2) is 0 Å². The number of nitrogens with zero attached hydrogens (tertiary/aromatic N) is 1. The van der Waals surface area contributed by atoms with Crippen LogP contribution >= 0.6 is 0 Å². The number of amides is 1. The molecule has 0 unspecified atom stereocenters. The number of likely N-dealkylation sites (tertiary alicyclic amines) is 1. The van der Waals surface area contributed by atoms with Crippen LogP contribution in [0.25, 0.3) is 0 Å². The van der Waals surface area contributed by atoms with Gasteiger partial charge in [0.1, 0.15) is 31.8 Å². The van der Waals surface area contributed by atoms with Crippen LogP contribution in [0.5, 0.6) is 0 Å². The number of carbonyl (C=O) groups is 7. The summed E-state index contributed by atoms with van der Waals surface area (Å²) in [6.45, 7) is 9.53. The minimum absolute atomic E-state index is 0.101. The SMILES string of the molecule is CCCCCCCCCOC(=O)CCCCCCC(=O)OCC(COC(=O)CCCCCCC(=O)OCCCCCCCCC)(COC(=O)CCCCCCC(=O)OCCCCCCCCC)COC(=O)NCCN1CCCC1. The van der Waals surface area contributed by atoms with E-state index < -0.39 is 29.4 Å². The molecule has 0 saturated carbocycles. The summed E-state index contributed by atoms with van der Waals surface area (Å²) in [5, 5.41) is 2.79. The largest absolute Gasteiger partial charge is 0.466 e. The first-order valence-electron chi connectivity index (χ1n) is 32.1. The van der Waals surface area contributed by atoms with E-state index in [1.54, 1.807) is 0 Å².